The molecule has 0 bridgehead atoms. The van der Waals surface area contributed by atoms with E-state index in [9.17, 15) is 9.59 Å². The lowest BCUT2D eigenvalue weighted by Crippen LogP contribution is -2.42. The number of hydrogen-bond acceptors (Lipinski definition) is 4. The molecule has 1 aromatic rings. The van der Waals surface area contributed by atoms with Crippen LogP contribution < -0.4 is 0 Å². The van der Waals surface area contributed by atoms with E-state index in [1.807, 2.05) is 37.3 Å². The minimum absolute atomic E-state index is 0.195. The summed E-state index contributed by atoms with van der Waals surface area (Å²) in [5.41, 5.74) is 2.06. The minimum atomic E-state index is -0.252. The van der Waals surface area contributed by atoms with Gasteiger partial charge in [-0.15, -0.1) is 0 Å². The van der Waals surface area contributed by atoms with Crippen LogP contribution in [0.15, 0.2) is 54.1 Å². The van der Waals surface area contributed by atoms with Crippen LogP contribution in [0.2, 0.25) is 0 Å². The number of carbonyl (C=O) groups is 2. The first-order valence-corrected chi connectivity index (χ1v) is 9.47. The average Bonchev–Trinajstić information content (AvgIpc) is 2.67. The molecular formula is C22H27NO3. The van der Waals surface area contributed by atoms with Gasteiger partial charge in [-0.05, 0) is 56.7 Å². The van der Waals surface area contributed by atoms with Crippen LogP contribution in [0.4, 0.5) is 0 Å². The number of ketones is 1. The van der Waals surface area contributed by atoms with Crippen LogP contribution >= 0.6 is 0 Å². The van der Waals surface area contributed by atoms with Gasteiger partial charge in [-0.25, -0.2) is 4.79 Å². The van der Waals surface area contributed by atoms with Gasteiger partial charge in [0, 0.05) is 11.6 Å². The molecule has 0 radical (unpaired) electrons. The van der Waals surface area contributed by atoms with Crippen molar-refractivity contribution in [2.75, 3.05) is 26.2 Å². The summed E-state index contributed by atoms with van der Waals surface area (Å²) in [5.74, 6) is -0.0577. The van der Waals surface area contributed by atoms with Crippen LogP contribution in [0.3, 0.4) is 0 Å². The predicted molar refractivity (Wildman–Crippen MR) is 102 cm³/mol. The standard InChI is InChI=1S/C22H27NO3/c1-2-26-21(25)16-18-8-10-22(11-9-18)12-14-23(15-13-22)17-20(24)19-6-4-3-5-7-19/h3-8,10,16H,2,9,11-15,17H2,1H3/b18-16-. The van der Waals surface area contributed by atoms with Crippen LogP contribution in [0.5, 0.6) is 0 Å². The third-order valence-electron chi connectivity index (χ3n) is 5.47. The Morgan fingerprint density at radius 2 is 1.88 bits per heavy atom. The van der Waals surface area contributed by atoms with Crippen molar-refractivity contribution < 1.29 is 14.3 Å². The van der Waals surface area contributed by atoms with Gasteiger partial charge >= 0.3 is 5.97 Å². The third kappa shape index (κ3) is 4.70. The Labute approximate surface area is 155 Å². The number of carbonyl (C=O) groups excluding carboxylic acids is 2. The predicted octanol–water partition coefficient (Wildman–Crippen LogP) is 3.79. The molecule has 1 aliphatic carbocycles. The molecule has 138 valence electrons. The molecule has 4 nitrogen and oxygen atoms in total. The fraction of sp³-hybridized carbons (Fsp3) is 0.455. The normalized spacial score (nSPS) is 21.0. The number of esters is 1. The molecule has 1 fully saturated rings. The van der Waals surface area contributed by atoms with E-state index in [2.05, 4.69) is 17.1 Å². The minimum Gasteiger partial charge on any atom is -0.463 e. The summed E-state index contributed by atoms with van der Waals surface area (Å²) >= 11 is 0. The molecule has 1 saturated heterocycles. The molecule has 1 heterocycles. The first kappa shape index (κ1) is 18.6. The second-order valence-corrected chi connectivity index (χ2v) is 7.23. The second-order valence-electron chi connectivity index (χ2n) is 7.23. The molecule has 2 aliphatic rings. The number of Topliss-reactive ketones (excluding diaryl/α,β-unsaturated/α-hetero) is 1. The molecule has 0 atom stereocenters. The number of benzene rings is 1. The van der Waals surface area contributed by atoms with Crippen molar-refractivity contribution in [3.8, 4) is 0 Å². The van der Waals surface area contributed by atoms with E-state index in [1.54, 1.807) is 6.08 Å². The quantitative estimate of drug-likeness (QED) is 0.459. The van der Waals surface area contributed by atoms with Crippen molar-refractivity contribution in [2.45, 2.75) is 32.6 Å². The summed E-state index contributed by atoms with van der Waals surface area (Å²) < 4.78 is 4.98. The van der Waals surface area contributed by atoms with Crippen LogP contribution in [0, 0.1) is 5.41 Å². The zero-order valence-corrected chi connectivity index (χ0v) is 15.4. The van der Waals surface area contributed by atoms with Crippen LogP contribution in [-0.4, -0.2) is 42.9 Å². The van der Waals surface area contributed by atoms with Crippen molar-refractivity contribution in [3.63, 3.8) is 0 Å². The van der Waals surface area contributed by atoms with Gasteiger partial charge in [-0.3, -0.25) is 9.69 Å². The van der Waals surface area contributed by atoms with Crippen LogP contribution in [0.1, 0.15) is 43.0 Å². The van der Waals surface area contributed by atoms with Crippen molar-refractivity contribution >= 4 is 11.8 Å². The second kappa shape index (κ2) is 8.45. The van der Waals surface area contributed by atoms with E-state index in [0.29, 0.717) is 13.2 Å². The van der Waals surface area contributed by atoms with E-state index in [1.165, 1.54) is 0 Å². The number of likely N-dealkylation sites (tertiary alicyclic amines) is 1. The average molecular weight is 353 g/mol. The zero-order chi connectivity index (χ0) is 18.4. The first-order chi connectivity index (χ1) is 12.6. The summed E-state index contributed by atoms with van der Waals surface area (Å²) in [4.78, 5) is 26.2. The molecular weight excluding hydrogens is 326 g/mol. The fourth-order valence-electron chi connectivity index (χ4n) is 3.79. The molecule has 1 aromatic carbocycles. The summed E-state index contributed by atoms with van der Waals surface area (Å²) in [7, 11) is 0. The molecule has 0 N–H and O–H groups in total. The maximum atomic E-state index is 12.4. The molecule has 0 amide bonds. The van der Waals surface area contributed by atoms with Crippen molar-refractivity contribution in [3.05, 3.63) is 59.7 Å². The lowest BCUT2D eigenvalue weighted by Gasteiger charge is -2.41. The van der Waals surface area contributed by atoms with E-state index >= 15 is 0 Å². The number of nitrogens with zero attached hydrogens (tertiary/aromatic N) is 1. The summed E-state index contributed by atoms with van der Waals surface area (Å²) in [6, 6.07) is 9.52. The Balaban J connectivity index is 1.52. The molecule has 0 aromatic heterocycles. The highest BCUT2D eigenvalue weighted by molar-refractivity contribution is 5.97. The third-order valence-corrected chi connectivity index (χ3v) is 5.47. The van der Waals surface area contributed by atoms with Gasteiger partial charge in [-0.1, -0.05) is 42.5 Å². The van der Waals surface area contributed by atoms with Crippen LogP contribution in [-0.2, 0) is 9.53 Å². The Morgan fingerprint density at radius 3 is 2.50 bits per heavy atom. The van der Waals surface area contributed by atoms with Gasteiger partial charge in [0.1, 0.15) is 0 Å². The van der Waals surface area contributed by atoms with Gasteiger partial charge in [0.25, 0.3) is 0 Å². The monoisotopic (exact) mass is 353 g/mol. The van der Waals surface area contributed by atoms with Gasteiger partial charge in [0.15, 0.2) is 5.78 Å². The van der Waals surface area contributed by atoms with E-state index in [0.717, 1.165) is 49.9 Å². The summed E-state index contributed by atoms with van der Waals surface area (Å²) in [6.07, 6.45) is 10.1. The molecule has 1 spiro atoms. The number of rotatable bonds is 5. The topological polar surface area (TPSA) is 46.6 Å². The van der Waals surface area contributed by atoms with E-state index in [4.69, 9.17) is 4.74 Å². The largest absolute Gasteiger partial charge is 0.463 e. The Hall–Kier alpha value is -2.20. The number of ether oxygens (including phenoxy) is 1. The SMILES string of the molecule is CCOC(=O)/C=C1/C=CC2(CC1)CCN(CC(=O)c1ccccc1)CC2. The van der Waals surface area contributed by atoms with E-state index < -0.39 is 0 Å². The van der Waals surface area contributed by atoms with Crippen molar-refractivity contribution in [1.29, 1.82) is 0 Å². The summed E-state index contributed by atoms with van der Waals surface area (Å²) in [6.45, 7) is 4.61. The number of allylic oxidation sites excluding steroid dienone is 3. The highest BCUT2D eigenvalue weighted by Crippen LogP contribution is 2.41. The van der Waals surface area contributed by atoms with Crippen molar-refractivity contribution in [2.24, 2.45) is 5.41 Å². The molecule has 3 rings (SSSR count). The molecule has 0 saturated carbocycles. The van der Waals surface area contributed by atoms with Gasteiger partial charge in [0.2, 0.25) is 0 Å². The number of hydrogen-bond donors (Lipinski definition) is 0. The maximum absolute atomic E-state index is 12.4. The summed E-state index contributed by atoms with van der Waals surface area (Å²) in [5, 5.41) is 0. The van der Waals surface area contributed by atoms with Gasteiger partial charge in [-0.2, -0.15) is 0 Å². The molecule has 0 unspecified atom stereocenters. The smallest absolute Gasteiger partial charge is 0.331 e. The Bertz CT molecular complexity index is 697. The van der Waals surface area contributed by atoms with Crippen LogP contribution in [0.25, 0.3) is 0 Å². The Morgan fingerprint density at radius 1 is 1.15 bits per heavy atom. The highest BCUT2D eigenvalue weighted by Gasteiger charge is 2.34. The molecule has 4 heteroatoms. The lowest BCUT2D eigenvalue weighted by molar-refractivity contribution is -0.137. The Kier molecular flexibility index (Phi) is 6.04. The fourth-order valence-corrected chi connectivity index (χ4v) is 3.79. The van der Waals surface area contributed by atoms with Crippen molar-refractivity contribution in [1.82, 2.24) is 4.90 Å². The number of piperidine rings is 1. The highest BCUT2D eigenvalue weighted by atomic mass is 16.5. The maximum Gasteiger partial charge on any atom is 0.331 e. The zero-order valence-electron chi connectivity index (χ0n) is 15.4. The lowest BCUT2D eigenvalue weighted by atomic mass is 9.71. The molecule has 1 aliphatic heterocycles. The van der Waals surface area contributed by atoms with Gasteiger partial charge in [0.05, 0.1) is 13.2 Å². The molecule has 26 heavy (non-hydrogen) atoms. The van der Waals surface area contributed by atoms with Gasteiger partial charge < -0.3 is 4.74 Å². The first-order valence-electron chi connectivity index (χ1n) is 9.47. The van der Waals surface area contributed by atoms with E-state index in [-0.39, 0.29) is 17.2 Å².